The second-order valence-corrected chi connectivity index (χ2v) is 2.77. The highest BCUT2D eigenvalue weighted by atomic mass is 16.6. The van der Waals surface area contributed by atoms with E-state index in [0.717, 1.165) is 32.8 Å². The Morgan fingerprint density at radius 1 is 1.40 bits per heavy atom. The molecule has 0 unspecified atom stereocenters. The summed E-state index contributed by atoms with van der Waals surface area (Å²) in [6.07, 6.45) is 1.77. The molecule has 58 valence electrons. The fourth-order valence-electron chi connectivity index (χ4n) is 1.05. The van der Waals surface area contributed by atoms with Crippen molar-refractivity contribution < 1.29 is 14.2 Å². The van der Waals surface area contributed by atoms with Crippen LogP contribution < -0.4 is 0 Å². The smallest absolute Gasteiger partial charge is 0.104 e. The first-order valence-corrected chi connectivity index (χ1v) is 3.76. The van der Waals surface area contributed by atoms with Crippen molar-refractivity contribution in [1.29, 1.82) is 0 Å². The van der Waals surface area contributed by atoms with Crippen LogP contribution in [0.1, 0.15) is 6.42 Å². The topological polar surface area (TPSA) is 31.0 Å². The van der Waals surface area contributed by atoms with Gasteiger partial charge in [-0.1, -0.05) is 0 Å². The normalized spacial score (nSPS) is 38.4. The van der Waals surface area contributed by atoms with Crippen LogP contribution in [0.4, 0.5) is 0 Å². The zero-order chi connectivity index (χ0) is 6.81. The molecule has 2 saturated heterocycles. The summed E-state index contributed by atoms with van der Waals surface area (Å²) in [6, 6.07) is 0. The highest BCUT2D eigenvalue weighted by Crippen LogP contribution is 2.13. The van der Waals surface area contributed by atoms with Crippen LogP contribution in [0, 0.1) is 0 Å². The highest BCUT2D eigenvalue weighted by molar-refractivity contribution is 4.70. The van der Waals surface area contributed by atoms with E-state index in [1.54, 1.807) is 0 Å². The van der Waals surface area contributed by atoms with Gasteiger partial charge in [-0.25, -0.2) is 0 Å². The Morgan fingerprint density at radius 3 is 2.90 bits per heavy atom. The molecule has 0 aromatic rings. The summed E-state index contributed by atoms with van der Waals surface area (Å²) in [5.74, 6) is 0. The molecule has 2 atom stereocenters. The zero-order valence-electron chi connectivity index (χ0n) is 5.91. The van der Waals surface area contributed by atoms with E-state index in [2.05, 4.69) is 0 Å². The summed E-state index contributed by atoms with van der Waals surface area (Å²) in [7, 11) is 0. The summed E-state index contributed by atoms with van der Waals surface area (Å²) in [4.78, 5) is 0. The minimum absolute atomic E-state index is 0.337. The fraction of sp³-hybridized carbons (Fsp3) is 1.00. The van der Waals surface area contributed by atoms with E-state index >= 15 is 0 Å². The molecule has 2 fully saturated rings. The van der Waals surface area contributed by atoms with Crippen molar-refractivity contribution in [1.82, 2.24) is 0 Å². The first kappa shape index (κ1) is 6.58. The van der Waals surface area contributed by atoms with Crippen LogP contribution >= 0.6 is 0 Å². The van der Waals surface area contributed by atoms with Crippen LogP contribution in [0.2, 0.25) is 0 Å². The molecule has 10 heavy (non-hydrogen) atoms. The van der Waals surface area contributed by atoms with E-state index < -0.39 is 0 Å². The van der Waals surface area contributed by atoms with Crippen molar-refractivity contribution in [2.24, 2.45) is 0 Å². The van der Waals surface area contributed by atoms with E-state index in [-0.39, 0.29) is 0 Å². The van der Waals surface area contributed by atoms with Gasteiger partial charge in [-0.15, -0.1) is 0 Å². The monoisotopic (exact) mass is 144 g/mol. The maximum atomic E-state index is 5.48. The summed E-state index contributed by atoms with van der Waals surface area (Å²) >= 11 is 0. The molecule has 2 aliphatic rings. The van der Waals surface area contributed by atoms with Crippen LogP contribution in [0.3, 0.4) is 0 Å². The maximum Gasteiger partial charge on any atom is 0.104 e. The van der Waals surface area contributed by atoms with Gasteiger partial charge in [0, 0.05) is 6.61 Å². The summed E-state index contributed by atoms with van der Waals surface area (Å²) in [5.41, 5.74) is 0. The third kappa shape index (κ3) is 1.68. The van der Waals surface area contributed by atoms with Crippen LogP contribution in [-0.2, 0) is 14.2 Å². The highest BCUT2D eigenvalue weighted by Gasteiger charge is 2.25. The van der Waals surface area contributed by atoms with Crippen molar-refractivity contribution in [3.63, 3.8) is 0 Å². The molecule has 0 aromatic carbocycles. The number of rotatable bonds is 3. The van der Waals surface area contributed by atoms with Crippen LogP contribution in [0.25, 0.3) is 0 Å². The quantitative estimate of drug-likeness (QED) is 0.530. The zero-order valence-corrected chi connectivity index (χ0v) is 5.91. The Kier molecular flexibility index (Phi) is 1.88. The molecule has 0 N–H and O–H groups in total. The SMILES string of the molecule is C1C[C@H](OC[C@H]2CO2)CO1. The van der Waals surface area contributed by atoms with Crippen molar-refractivity contribution in [2.45, 2.75) is 18.6 Å². The van der Waals surface area contributed by atoms with Gasteiger partial charge >= 0.3 is 0 Å². The molecule has 0 bridgehead atoms. The standard InChI is InChI=1S/C7H12O3/c1-2-8-3-6(1)9-4-7-5-10-7/h6-7H,1-5H2/t6-,7-/m0/s1. The molecule has 0 aliphatic carbocycles. The Bertz CT molecular complexity index is 105. The van der Waals surface area contributed by atoms with Gasteiger partial charge in [0.2, 0.25) is 0 Å². The summed E-state index contributed by atoms with van der Waals surface area (Å²) < 4.78 is 15.6. The molecule has 0 saturated carbocycles. The van der Waals surface area contributed by atoms with Crippen molar-refractivity contribution in [3.05, 3.63) is 0 Å². The number of hydrogen-bond donors (Lipinski definition) is 0. The van der Waals surface area contributed by atoms with Crippen LogP contribution in [0.5, 0.6) is 0 Å². The molecule has 0 radical (unpaired) electrons. The number of epoxide rings is 1. The van der Waals surface area contributed by atoms with Gasteiger partial charge in [0.05, 0.1) is 25.9 Å². The van der Waals surface area contributed by atoms with E-state index in [0.29, 0.717) is 12.2 Å². The maximum absolute atomic E-state index is 5.48. The molecular weight excluding hydrogens is 132 g/mol. The van der Waals surface area contributed by atoms with Crippen LogP contribution in [0.15, 0.2) is 0 Å². The number of ether oxygens (including phenoxy) is 3. The van der Waals surface area contributed by atoms with Gasteiger partial charge in [0.1, 0.15) is 6.10 Å². The second-order valence-electron chi connectivity index (χ2n) is 2.77. The Hall–Kier alpha value is -0.120. The molecule has 3 heteroatoms. The second kappa shape index (κ2) is 2.86. The van der Waals surface area contributed by atoms with Gasteiger partial charge in [-0.05, 0) is 6.42 Å². The van der Waals surface area contributed by atoms with Gasteiger partial charge in [-0.2, -0.15) is 0 Å². The number of hydrogen-bond acceptors (Lipinski definition) is 3. The molecular formula is C7H12O3. The van der Waals surface area contributed by atoms with Gasteiger partial charge in [-0.3, -0.25) is 0 Å². The fourth-order valence-corrected chi connectivity index (χ4v) is 1.05. The van der Waals surface area contributed by atoms with E-state index in [1.807, 2.05) is 0 Å². The molecule has 0 amide bonds. The predicted molar refractivity (Wildman–Crippen MR) is 34.9 cm³/mol. The lowest BCUT2D eigenvalue weighted by molar-refractivity contribution is 0.0340. The van der Waals surface area contributed by atoms with E-state index in [9.17, 15) is 0 Å². The molecule has 2 rings (SSSR count). The minimum atomic E-state index is 0.337. The lowest BCUT2D eigenvalue weighted by Gasteiger charge is -2.06. The third-order valence-corrected chi connectivity index (χ3v) is 1.81. The van der Waals surface area contributed by atoms with E-state index in [1.165, 1.54) is 0 Å². The average molecular weight is 144 g/mol. The molecule has 2 aliphatic heterocycles. The first-order valence-electron chi connectivity index (χ1n) is 3.76. The molecule has 0 spiro atoms. The third-order valence-electron chi connectivity index (χ3n) is 1.81. The average Bonchev–Trinajstić information content (AvgIpc) is 2.63. The van der Waals surface area contributed by atoms with Crippen LogP contribution in [-0.4, -0.2) is 38.6 Å². The lowest BCUT2D eigenvalue weighted by Crippen LogP contribution is -2.15. The largest absolute Gasteiger partial charge is 0.379 e. The van der Waals surface area contributed by atoms with Crippen molar-refractivity contribution in [2.75, 3.05) is 26.4 Å². The molecule has 2 heterocycles. The van der Waals surface area contributed by atoms with E-state index in [4.69, 9.17) is 14.2 Å². The Morgan fingerprint density at radius 2 is 2.30 bits per heavy atom. The molecule has 3 nitrogen and oxygen atoms in total. The minimum Gasteiger partial charge on any atom is -0.379 e. The van der Waals surface area contributed by atoms with Gasteiger partial charge in [0.25, 0.3) is 0 Å². The Labute approximate surface area is 60.3 Å². The molecule has 0 aromatic heterocycles. The van der Waals surface area contributed by atoms with Gasteiger partial charge in [0.15, 0.2) is 0 Å². The first-order chi connectivity index (χ1) is 4.95. The lowest BCUT2D eigenvalue weighted by atomic mass is 10.3. The van der Waals surface area contributed by atoms with Gasteiger partial charge < -0.3 is 14.2 Å². The Balaban J connectivity index is 1.59. The summed E-state index contributed by atoms with van der Waals surface area (Å²) in [5, 5.41) is 0. The summed E-state index contributed by atoms with van der Waals surface area (Å²) in [6.45, 7) is 3.27. The predicted octanol–water partition coefficient (Wildman–Crippen LogP) is 0.191. The van der Waals surface area contributed by atoms with Crippen molar-refractivity contribution in [3.8, 4) is 0 Å². The van der Waals surface area contributed by atoms with Crippen molar-refractivity contribution >= 4 is 0 Å².